The van der Waals surface area contributed by atoms with Crippen molar-refractivity contribution in [3.05, 3.63) is 75.9 Å². The highest BCUT2D eigenvalue weighted by atomic mass is 79.9. The lowest BCUT2D eigenvalue weighted by atomic mass is 10.0. The normalized spacial score (nSPS) is 13.2. The molecule has 0 aliphatic rings. The van der Waals surface area contributed by atoms with Crippen LogP contribution < -0.4 is 5.32 Å². The maximum atomic E-state index is 12.6. The third-order valence-electron chi connectivity index (χ3n) is 4.19. The van der Waals surface area contributed by atoms with Gasteiger partial charge < -0.3 is 14.9 Å². The minimum atomic E-state index is -1.37. The van der Waals surface area contributed by atoms with E-state index in [2.05, 4.69) is 26.4 Å². The van der Waals surface area contributed by atoms with Crippen LogP contribution in [0, 0.1) is 6.92 Å². The van der Waals surface area contributed by atoms with Gasteiger partial charge in [0.2, 0.25) is 0 Å². The topological polar surface area (TPSA) is 75.4 Å². The van der Waals surface area contributed by atoms with Crippen LogP contribution in [0.3, 0.4) is 0 Å². The van der Waals surface area contributed by atoms with Crippen molar-refractivity contribution in [3.63, 3.8) is 0 Å². The van der Waals surface area contributed by atoms with E-state index in [9.17, 15) is 9.90 Å². The van der Waals surface area contributed by atoms with E-state index >= 15 is 0 Å². The molecule has 2 unspecified atom stereocenters. The average molecular weight is 415 g/mol. The van der Waals surface area contributed by atoms with Crippen LogP contribution in [0.15, 0.2) is 63.6 Å². The van der Waals surface area contributed by atoms with Crippen molar-refractivity contribution in [1.29, 1.82) is 0 Å². The van der Waals surface area contributed by atoms with Crippen molar-refractivity contribution in [3.8, 4) is 11.3 Å². The summed E-state index contributed by atoms with van der Waals surface area (Å²) in [6, 6.07) is 16.8. The van der Waals surface area contributed by atoms with Gasteiger partial charge in [0.05, 0.1) is 17.3 Å². The van der Waals surface area contributed by atoms with Gasteiger partial charge in [-0.2, -0.15) is 0 Å². The molecule has 2 N–H and O–H groups in total. The van der Waals surface area contributed by atoms with Gasteiger partial charge in [-0.15, -0.1) is 0 Å². The lowest BCUT2D eigenvalue weighted by molar-refractivity contribution is -0.130. The average Bonchev–Trinajstić information content (AvgIpc) is 3.03. The SMILES string of the molecule is Cc1noc(-c2ccc(Br)cc2)c1C(O)C(=O)NC(C)c1ccccc1. The summed E-state index contributed by atoms with van der Waals surface area (Å²) in [6.07, 6.45) is -1.37. The molecule has 6 heteroatoms. The lowest BCUT2D eigenvalue weighted by Gasteiger charge is -2.17. The largest absolute Gasteiger partial charge is 0.378 e. The number of carbonyl (C=O) groups is 1. The summed E-state index contributed by atoms with van der Waals surface area (Å²) in [4.78, 5) is 12.6. The monoisotopic (exact) mass is 414 g/mol. The fourth-order valence-electron chi connectivity index (χ4n) is 2.76. The molecule has 0 saturated carbocycles. The van der Waals surface area contributed by atoms with Crippen molar-refractivity contribution in [2.75, 3.05) is 0 Å². The Balaban J connectivity index is 1.83. The molecule has 0 radical (unpaired) electrons. The highest BCUT2D eigenvalue weighted by Crippen LogP contribution is 2.32. The van der Waals surface area contributed by atoms with Gasteiger partial charge in [0.15, 0.2) is 11.9 Å². The van der Waals surface area contributed by atoms with Crippen molar-refractivity contribution >= 4 is 21.8 Å². The minimum absolute atomic E-state index is 0.227. The van der Waals surface area contributed by atoms with E-state index in [1.165, 1.54) is 0 Å². The summed E-state index contributed by atoms with van der Waals surface area (Å²) in [5.41, 5.74) is 2.57. The quantitative estimate of drug-likeness (QED) is 0.651. The van der Waals surface area contributed by atoms with Crippen LogP contribution in [-0.2, 0) is 4.79 Å². The second-order valence-corrected chi connectivity index (χ2v) is 6.98. The molecule has 26 heavy (non-hydrogen) atoms. The summed E-state index contributed by atoms with van der Waals surface area (Å²) in [5.74, 6) is -0.101. The maximum Gasteiger partial charge on any atom is 0.254 e. The van der Waals surface area contributed by atoms with Crippen LogP contribution in [0.5, 0.6) is 0 Å². The van der Waals surface area contributed by atoms with Gasteiger partial charge in [0, 0.05) is 10.0 Å². The number of aromatic nitrogens is 1. The molecule has 0 spiro atoms. The van der Waals surface area contributed by atoms with Gasteiger partial charge in [-0.05, 0) is 31.5 Å². The number of nitrogens with zero attached hydrogens (tertiary/aromatic N) is 1. The van der Waals surface area contributed by atoms with Crippen LogP contribution in [-0.4, -0.2) is 16.2 Å². The van der Waals surface area contributed by atoms with E-state index < -0.39 is 12.0 Å². The van der Waals surface area contributed by atoms with Gasteiger partial charge in [-0.1, -0.05) is 63.6 Å². The number of halogens is 1. The van der Waals surface area contributed by atoms with E-state index in [4.69, 9.17) is 4.52 Å². The Kier molecular flexibility index (Phi) is 5.54. The lowest BCUT2D eigenvalue weighted by Crippen LogP contribution is -2.32. The Morgan fingerprint density at radius 1 is 1.15 bits per heavy atom. The number of aryl methyl sites for hydroxylation is 1. The van der Waals surface area contributed by atoms with Crippen molar-refractivity contribution in [1.82, 2.24) is 10.5 Å². The molecule has 2 atom stereocenters. The molecule has 1 amide bonds. The molecule has 134 valence electrons. The second kappa shape index (κ2) is 7.85. The first-order chi connectivity index (χ1) is 12.5. The number of amides is 1. The first-order valence-electron chi connectivity index (χ1n) is 8.23. The Morgan fingerprint density at radius 3 is 2.46 bits per heavy atom. The molecular formula is C20H19BrN2O3. The number of aliphatic hydroxyl groups excluding tert-OH is 1. The second-order valence-electron chi connectivity index (χ2n) is 6.06. The van der Waals surface area contributed by atoms with Gasteiger partial charge in [-0.25, -0.2) is 0 Å². The van der Waals surface area contributed by atoms with Crippen LogP contribution in [0.4, 0.5) is 0 Å². The van der Waals surface area contributed by atoms with E-state index in [1.807, 2.05) is 61.5 Å². The summed E-state index contributed by atoms with van der Waals surface area (Å²) >= 11 is 3.38. The van der Waals surface area contributed by atoms with E-state index in [0.29, 0.717) is 17.0 Å². The standard InChI is InChI=1S/C20H19BrN2O3/c1-12(14-6-4-3-5-7-14)22-20(25)18(24)17-13(2)23-26-19(17)15-8-10-16(21)11-9-15/h3-12,18,24H,1-2H3,(H,22,25). The predicted octanol–water partition coefficient (Wildman–Crippen LogP) is 4.32. The minimum Gasteiger partial charge on any atom is -0.378 e. The number of hydrogen-bond donors (Lipinski definition) is 2. The van der Waals surface area contributed by atoms with Gasteiger partial charge in [0.25, 0.3) is 5.91 Å². The Hall–Kier alpha value is -2.44. The van der Waals surface area contributed by atoms with E-state index in [-0.39, 0.29) is 6.04 Å². The van der Waals surface area contributed by atoms with Crippen LogP contribution >= 0.6 is 15.9 Å². The predicted molar refractivity (Wildman–Crippen MR) is 102 cm³/mol. The molecule has 0 bridgehead atoms. The van der Waals surface area contributed by atoms with Crippen molar-refractivity contribution < 1.29 is 14.4 Å². The molecule has 1 aromatic heterocycles. The van der Waals surface area contributed by atoms with Gasteiger partial charge in [0.1, 0.15) is 0 Å². The number of aliphatic hydroxyl groups is 1. The first-order valence-corrected chi connectivity index (χ1v) is 9.02. The number of nitrogens with one attached hydrogen (secondary N) is 1. The number of benzene rings is 2. The highest BCUT2D eigenvalue weighted by Gasteiger charge is 2.28. The summed E-state index contributed by atoms with van der Waals surface area (Å²) in [5, 5.41) is 17.4. The molecule has 0 saturated heterocycles. The van der Waals surface area contributed by atoms with Crippen molar-refractivity contribution in [2.45, 2.75) is 26.0 Å². The highest BCUT2D eigenvalue weighted by molar-refractivity contribution is 9.10. The van der Waals surface area contributed by atoms with E-state index in [0.717, 1.165) is 15.6 Å². The Labute approximate surface area is 160 Å². The van der Waals surface area contributed by atoms with Crippen LogP contribution in [0.25, 0.3) is 11.3 Å². The fraction of sp³-hybridized carbons (Fsp3) is 0.200. The summed E-state index contributed by atoms with van der Waals surface area (Å²) < 4.78 is 6.30. The Bertz CT molecular complexity index is 891. The molecule has 3 aromatic rings. The molecule has 0 fully saturated rings. The van der Waals surface area contributed by atoms with Gasteiger partial charge in [-0.3, -0.25) is 4.79 Å². The summed E-state index contributed by atoms with van der Waals surface area (Å²) in [7, 11) is 0. The smallest absolute Gasteiger partial charge is 0.254 e. The number of carbonyl (C=O) groups excluding carboxylic acids is 1. The molecular weight excluding hydrogens is 396 g/mol. The fourth-order valence-corrected chi connectivity index (χ4v) is 3.02. The molecule has 5 nitrogen and oxygen atoms in total. The molecule has 3 rings (SSSR count). The van der Waals surface area contributed by atoms with Crippen molar-refractivity contribution in [2.24, 2.45) is 0 Å². The third-order valence-corrected chi connectivity index (χ3v) is 4.72. The molecule has 0 aliphatic carbocycles. The third kappa shape index (κ3) is 3.86. The molecule has 0 aliphatic heterocycles. The zero-order chi connectivity index (χ0) is 18.7. The Morgan fingerprint density at radius 2 is 1.81 bits per heavy atom. The summed E-state index contributed by atoms with van der Waals surface area (Å²) in [6.45, 7) is 3.58. The van der Waals surface area contributed by atoms with Crippen LogP contribution in [0.2, 0.25) is 0 Å². The van der Waals surface area contributed by atoms with E-state index in [1.54, 1.807) is 6.92 Å². The van der Waals surface area contributed by atoms with Crippen LogP contribution in [0.1, 0.15) is 35.9 Å². The molecule has 2 aromatic carbocycles. The number of rotatable bonds is 5. The number of hydrogen-bond acceptors (Lipinski definition) is 4. The zero-order valence-electron chi connectivity index (χ0n) is 14.4. The zero-order valence-corrected chi connectivity index (χ0v) is 16.0. The molecule has 1 heterocycles. The first kappa shape index (κ1) is 18.4. The maximum absolute atomic E-state index is 12.6. The van der Waals surface area contributed by atoms with Gasteiger partial charge >= 0.3 is 0 Å².